The smallest absolute Gasteiger partial charge is 0.395 e. The predicted molar refractivity (Wildman–Crippen MR) is 84.5 cm³/mol. The molecule has 1 aromatic rings. The lowest BCUT2D eigenvalue weighted by atomic mass is 10.1. The van der Waals surface area contributed by atoms with Crippen LogP contribution in [0.1, 0.15) is 20.3 Å². The highest BCUT2D eigenvalue weighted by atomic mass is 19.3. The molecule has 3 rings (SSSR count). The highest BCUT2D eigenvalue weighted by Gasteiger charge is 2.43. The van der Waals surface area contributed by atoms with E-state index >= 15 is 0 Å². The first-order valence-corrected chi connectivity index (χ1v) is 8.01. The van der Waals surface area contributed by atoms with Crippen molar-refractivity contribution >= 4 is 11.7 Å². The van der Waals surface area contributed by atoms with Gasteiger partial charge in [-0.1, -0.05) is 0 Å². The van der Waals surface area contributed by atoms with Crippen LogP contribution >= 0.6 is 0 Å². The maximum Gasteiger partial charge on any atom is 0.586 e. The molecule has 8 heteroatoms. The number of alkyl halides is 2. The summed E-state index contributed by atoms with van der Waals surface area (Å²) in [7, 11) is 0. The lowest BCUT2D eigenvalue weighted by Gasteiger charge is -2.20. The minimum absolute atomic E-state index is 0.0503. The number of nitrogens with zero attached hydrogens (tertiary/aromatic N) is 1. The monoisotopic (exact) mass is 341 g/mol. The molecule has 132 valence electrons. The molecule has 2 aliphatic heterocycles. The van der Waals surface area contributed by atoms with Crippen molar-refractivity contribution in [3.8, 4) is 11.5 Å². The molecule has 1 fully saturated rings. The average Bonchev–Trinajstić information content (AvgIpc) is 3.07. The van der Waals surface area contributed by atoms with Crippen molar-refractivity contribution in [2.45, 2.75) is 32.6 Å². The van der Waals surface area contributed by atoms with Gasteiger partial charge in [0.15, 0.2) is 11.5 Å². The summed E-state index contributed by atoms with van der Waals surface area (Å²) in [6, 6.07) is 4.27. The third kappa shape index (κ3) is 3.87. The van der Waals surface area contributed by atoms with Crippen LogP contribution in [-0.2, 0) is 0 Å². The Labute approximate surface area is 139 Å². The molecule has 0 aromatic heterocycles. The molecule has 1 unspecified atom stereocenters. The number of hydrogen-bond donors (Lipinski definition) is 2. The van der Waals surface area contributed by atoms with Crippen LogP contribution in [0, 0.1) is 5.92 Å². The van der Waals surface area contributed by atoms with E-state index < -0.39 is 6.29 Å². The van der Waals surface area contributed by atoms with E-state index in [0.29, 0.717) is 24.2 Å². The molecule has 0 spiro atoms. The van der Waals surface area contributed by atoms with Crippen LogP contribution in [0.2, 0.25) is 0 Å². The first-order chi connectivity index (χ1) is 11.3. The number of rotatable bonds is 4. The standard InChI is InChI=1S/C16H21F2N3O3/c1-10(2)21-6-5-11(9-21)8-19-15(22)20-12-3-4-13-14(7-12)24-16(17,18)23-13/h3-4,7,10-11H,5-6,8-9H2,1-2H3,(H2,19,20,22). The van der Waals surface area contributed by atoms with Crippen molar-refractivity contribution < 1.29 is 23.0 Å². The molecule has 1 atom stereocenters. The number of carbonyl (C=O) groups is 1. The minimum atomic E-state index is -3.66. The second-order valence-electron chi connectivity index (χ2n) is 6.41. The zero-order valence-corrected chi connectivity index (χ0v) is 13.6. The van der Waals surface area contributed by atoms with E-state index in [1.165, 1.54) is 18.2 Å². The van der Waals surface area contributed by atoms with Gasteiger partial charge in [0.25, 0.3) is 0 Å². The van der Waals surface area contributed by atoms with Gasteiger partial charge in [0.1, 0.15) is 0 Å². The van der Waals surface area contributed by atoms with Crippen LogP contribution in [0.3, 0.4) is 0 Å². The summed E-state index contributed by atoms with van der Waals surface area (Å²) in [4.78, 5) is 14.3. The molecular formula is C16H21F2N3O3. The van der Waals surface area contributed by atoms with Gasteiger partial charge in [0, 0.05) is 30.9 Å². The molecule has 1 aromatic carbocycles. The van der Waals surface area contributed by atoms with Crippen molar-refractivity contribution in [3.63, 3.8) is 0 Å². The van der Waals surface area contributed by atoms with E-state index in [1.807, 2.05) is 0 Å². The van der Waals surface area contributed by atoms with Crippen molar-refractivity contribution in [1.29, 1.82) is 0 Å². The van der Waals surface area contributed by atoms with Crippen molar-refractivity contribution in [1.82, 2.24) is 10.2 Å². The lowest BCUT2D eigenvalue weighted by Crippen LogP contribution is -2.35. The summed E-state index contributed by atoms with van der Waals surface area (Å²) < 4.78 is 34.6. The fourth-order valence-corrected chi connectivity index (χ4v) is 2.94. The van der Waals surface area contributed by atoms with Gasteiger partial charge in [0.2, 0.25) is 0 Å². The maximum atomic E-state index is 13.0. The fourth-order valence-electron chi connectivity index (χ4n) is 2.94. The van der Waals surface area contributed by atoms with E-state index in [1.54, 1.807) is 0 Å². The van der Waals surface area contributed by atoms with Crippen molar-refractivity contribution in [2.75, 3.05) is 25.0 Å². The van der Waals surface area contributed by atoms with Gasteiger partial charge >= 0.3 is 12.3 Å². The molecule has 1 saturated heterocycles. The number of carbonyl (C=O) groups excluding carboxylic acids is 1. The number of ether oxygens (including phenoxy) is 2. The fraction of sp³-hybridized carbons (Fsp3) is 0.562. The third-order valence-electron chi connectivity index (χ3n) is 4.26. The summed E-state index contributed by atoms with van der Waals surface area (Å²) in [5.41, 5.74) is 0.364. The van der Waals surface area contributed by atoms with Gasteiger partial charge in [-0.2, -0.15) is 0 Å². The number of benzene rings is 1. The Hall–Kier alpha value is -2.09. The highest BCUT2D eigenvalue weighted by molar-refractivity contribution is 5.89. The number of hydrogen-bond acceptors (Lipinski definition) is 4. The number of fused-ring (bicyclic) bond motifs is 1. The molecule has 2 heterocycles. The number of amides is 2. The lowest BCUT2D eigenvalue weighted by molar-refractivity contribution is -0.286. The van der Waals surface area contributed by atoms with Gasteiger partial charge in [-0.25, -0.2) is 4.79 Å². The van der Waals surface area contributed by atoms with E-state index in [-0.39, 0.29) is 17.5 Å². The topological polar surface area (TPSA) is 62.8 Å². The van der Waals surface area contributed by atoms with Crippen LogP contribution in [0.25, 0.3) is 0 Å². The van der Waals surface area contributed by atoms with E-state index in [0.717, 1.165) is 19.5 Å². The van der Waals surface area contributed by atoms with Crippen molar-refractivity contribution in [3.05, 3.63) is 18.2 Å². The SMILES string of the molecule is CC(C)N1CCC(CNC(=O)Nc2ccc3c(c2)OC(F)(F)O3)C1. The molecule has 2 N–H and O–H groups in total. The summed E-state index contributed by atoms with van der Waals surface area (Å²) in [5, 5.41) is 5.43. The largest absolute Gasteiger partial charge is 0.586 e. The Morgan fingerprint density at radius 3 is 2.83 bits per heavy atom. The second-order valence-corrected chi connectivity index (χ2v) is 6.41. The molecule has 0 aliphatic carbocycles. The van der Waals surface area contributed by atoms with Gasteiger partial charge in [0.05, 0.1) is 0 Å². The molecule has 24 heavy (non-hydrogen) atoms. The van der Waals surface area contributed by atoms with Crippen molar-refractivity contribution in [2.24, 2.45) is 5.92 Å². The Morgan fingerprint density at radius 2 is 2.12 bits per heavy atom. The van der Waals surface area contributed by atoms with Crippen LogP contribution in [-0.4, -0.2) is 42.9 Å². The van der Waals surface area contributed by atoms with Crippen LogP contribution in [0.4, 0.5) is 19.3 Å². The molecule has 0 bridgehead atoms. The normalized spacial score (nSPS) is 22.0. The Kier molecular flexibility index (Phi) is 4.49. The summed E-state index contributed by atoms with van der Waals surface area (Å²) >= 11 is 0. The van der Waals surface area contributed by atoms with Crippen LogP contribution in [0.15, 0.2) is 18.2 Å². The van der Waals surface area contributed by atoms with Gasteiger partial charge < -0.3 is 25.0 Å². The first kappa shape index (κ1) is 16.8. The highest BCUT2D eigenvalue weighted by Crippen LogP contribution is 2.42. The predicted octanol–water partition coefficient (Wildman–Crippen LogP) is 2.86. The van der Waals surface area contributed by atoms with Gasteiger partial charge in [-0.15, -0.1) is 8.78 Å². The van der Waals surface area contributed by atoms with Gasteiger partial charge in [-0.3, -0.25) is 0 Å². The number of halogens is 2. The first-order valence-electron chi connectivity index (χ1n) is 8.01. The number of likely N-dealkylation sites (tertiary alicyclic amines) is 1. The number of urea groups is 1. The Balaban J connectivity index is 1.48. The molecule has 6 nitrogen and oxygen atoms in total. The Morgan fingerprint density at radius 1 is 1.38 bits per heavy atom. The van der Waals surface area contributed by atoms with E-state index in [2.05, 4.69) is 38.9 Å². The van der Waals surface area contributed by atoms with E-state index in [4.69, 9.17) is 0 Å². The molecule has 0 saturated carbocycles. The third-order valence-corrected chi connectivity index (χ3v) is 4.26. The average molecular weight is 341 g/mol. The quantitative estimate of drug-likeness (QED) is 0.884. The summed E-state index contributed by atoms with van der Waals surface area (Å²) in [5.74, 6) is 0.278. The molecule has 0 radical (unpaired) electrons. The molecule has 2 aliphatic rings. The second kappa shape index (κ2) is 6.43. The number of anilines is 1. The minimum Gasteiger partial charge on any atom is -0.395 e. The molecule has 2 amide bonds. The number of nitrogens with one attached hydrogen (secondary N) is 2. The maximum absolute atomic E-state index is 13.0. The Bertz CT molecular complexity index is 625. The zero-order valence-electron chi connectivity index (χ0n) is 13.6. The zero-order chi connectivity index (χ0) is 17.3. The summed E-state index contributed by atoms with van der Waals surface area (Å²) in [6.07, 6.45) is -2.61. The molecular weight excluding hydrogens is 320 g/mol. The van der Waals surface area contributed by atoms with Gasteiger partial charge in [-0.05, 0) is 44.9 Å². The summed E-state index contributed by atoms with van der Waals surface area (Å²) in [6.45, 7) is 6.91. The van der Waals surface area contributed by atoms with E-state index in [9.17, 15) is 13.6 Å². The van der Waals surface area contributed by atoms with Crippen LogP contribution in [0.5, 0.6) is 11.5 Å². The van der Waals surface area contributed by atoms with Crippen LogP contribution < -0.4 is 20.1 Å².